The van der Waals surface area contributed by atoms with Gasteiger partial charge in [0.15, 0.2) is 15.3 Å². The molecule has 0 saturated heterocycles. The second-order valence-corrected chi connectivity index (χ2v) is 12.6. The Morgan fingerprint density at radius 1 is 1.20 bits per heavy atom. The lowest BCUT2D eigenvalue weighted by atomic mass is 9.75. The molecule has 12 heteroatoms. The molecule has 1 unspecified atom stereocenters. The quantitative estimate of drug-likeness (QED) is 0.281. The highest BCUT2D eigenvalue weighted by molar-refractivity contribution is 8.01. The first-order valence-corrected chi connectivity index (χ1v) is 15.2. The van der Waals surface area contributed by atoms with Crippen LogP contribution in [0.1, 0.15) is 36.3 Å². The first-order valence-electron chi connectivity index (χ1n) is 12.6. The third-order valence-corrected chi connectivity index (χ3v) is 9.74. The fourth-order valence-corrected chi connectivity index (χ4v) is 7.61. The van der Waals surface area contributed by atoms with Gasteiger partial charge in [0.05, 0.1) is 33.5 Å². The summed E-state index contributed by atoms with van der Waals surface area (Å²) in [7, 11) is 0. The molecule has 9 nitrogen and oxygen atoms in total. The molecule has 1 aliphatic carbocycles. The Kier molecular flexibility index (Phi) is 7.10. The van der Waals surface area contributed by atoms with Crippen molar-refractivity contribution in [3.8, 4) is 6.07 Å². The van der Waals surface area contributed by atoms with Crippen LogP contribution in [0.5, 0.6) is 0 Å². The van der Waals surface area contributed by atoms with Crippen LogP contribution in [0.3, 0.4) is 0 Å². The summed E-state index contributed by atoms with van der Waals surface area (Å²) in [5.74, 6) is -0.320. The number of carbonyl (C=O) groups excluding carboxylic acids is 2. The molecule has 200 valence electrons. The van der Waals surface area contributed by atoms with E-state index in [0.29, 0.717) is 45.0 Å². The Hall–Kier alpha value is -4.05. The van der Waals surface area contributed by atoms with Crippen molar-refractivity contribution in [2.75, 3.05) is 16.0 Å². The number of nitrogens with zero attached hydrogens (tertiary/aromatic N) is 5. The number of amides is 1. The number of carbonyl (C=O) groups is 2. The van der Waals surface area contributed by atoms with Crippen molar-refractivity contribution in [2.24, 2.45) is 5.73 Å². The van der Waals surface area contributed by atoms with E-state index in [1.807, 2.05) is 55.5 Å². The summed E-state index contributed by atoms with van der Waals surface area (Å²) < 4.78 is 1.58. The molecule has 40 heavy (non-hydrogen) atoms. The number of nitrogens with two attached hydrogens (primary N) is 1. The highest BCUT2D eigenvalue weighted by Gasteiger charge is 2.41. The van der Waals surface area contributed by atoms with E-state index in [1.54, 1.807) is 4.90 Å². The van der Waals surface area contributed by atoms with Gasteiger partial charge in [-0.1, -0.05) is 76.4 Å². The van der Waals surface area contributed by atoms with Crippen molar-refractivity contribution in [1.82, 2.24) is 15.2 Å². The molecule has 3 N–H and O–H groups in total. The molecular formula is C28H23N7O2S3. The first-order chi connectivity index (χ1) is 19.4. The van der Waals surface area contributed by atoms with Gasteiger partial charge in [-0.15, -0.1) is 10.2 Å². The molecule has 1 aliphatic heterocycles. The summed E-state index contributed by atoms with van der Waals surface area (Å²) >= 11 is 3.94. The highest BCUT2D eigenvalue weighted by atomic mass is 32.2. The number of anilines is 2. The van der Waals surface area contributed by atoms with Gasteiger partial charge in [0.25, 0.3) is 0 Å². The van der Waals surface area contributed by atoms with Gasteiger partial charge < -0.3 is 11.1 Å². The van der Waals surface area contributed by atoms with Crippen LogP contribution in [0, 0.1) is 18.3 Å². The number of aryl methyl sites for hydroxylation is 1. The molecule has 1 atom stereocenters. The lowest BCUT2D eigenvalue weighted by molar-refractivity contribution is -0.116. The van der Waals surface area contributed by atoms with E-state index in [1.165, 1.54) is 34.4 Å². The number of benzene rings is 2. The number of rotatable bonds is 6. The standard InChI is InChI=1S/C28H23N7O2S3/c1-15-6-4-7-16(12-15)23-17(13-29)25(30)35(19-9-5-10-20(36)24(19)23)27-33-34-28(40-27)38-14-22(37)32-26-31-18-8-2-3-11-21(18)39-26/h2-4,6-8,11-12,23H,5,9-10,14,30H2,1H3,(H,31,32,37). The molecule has 4 aromatic rings. The number of para-hydroxylation sites is 1. The minimum Gasteiger partial charge on any atom is -0.384 e. The summed E-state index contributed by atoms with van der Waals surface area (Å²) in [5.41, 5.74) is 11.1. The molecule has 0 bridgehead atoms. The van der Waals surface area contributed by atoms with Gasteiger partial charge in [-0.2, -0.15) is 5.26 Å². The molecule has 2 aromatic carbocycles. The van der Waals surface area contributed by atoms with Crippen LogP contribution in [0.2, 0.25) is 0 Å². The van der Waals surface area contributed by atoms with Crippen LogP contribution in [0.25, 0.3) is 10.2 Å². The first kappa shape index (κ1) is 26.2. The number of aromatic nitrogens is 3. The number of fused-ring (bicyclic) bond motifs is 1. The molecule has 0 radical (unpaired) electrons. The normalized spacial score (nSPS) is 17.2. The van der Waals surface area contributed by atoms with E-state index in [2.05, 4.69) is 26.6 Å². The van der Waals surface area contributed by atoms with Crippen LogP contribution < -0.4 is 16.0 Å². The molecule has 0 saturated carbocycles. The topological polar surface area (TPSA) is 138 Å². The van der Waals surface area contributed by atoms with E-state index in [-0.39, 0.29) is 23.3 Å². The summed E-state index contributed by atoms with van der Waals surface area (Å²) in [5, 5.41) is 22.6. The minimum atomic E-state index is -0.517. The third-order valence-electron chi connectivity index (χ3n) is 6.74. The maximum Gasteiger partial charge on any atom is 0.236 e. The van der Waals surface area contributed by atoms with Crippen molar-refractivity contribution < 1.29 is 9.59 Å². The number of ketones is 1. The molecule has 0 fully saturated rings. The van der Waals surface area contributed by atoms with Crippen LogP contribution in [0.15, 0.2) is 75.5 Å². The number of thioether (sulfide) groups is 1. The predicted octanol–water partition coefficient (Wildman–Crippen LogP) is 5.49. The van der Waals surface area contributed by atoms with Gasteiger partial charge in [-0.3, -0.25) is 14.5 Å². The lowest BCUT2D eigenvalue weighted by Gasteiger charge is -2.38. The maximum absolute atomic E-state index is 13.3. The number of Topliss-reactive ketones (excluding diaryl/α,β-unsaturated/α-hetero) is 1. The second-order valence-electron chi connectivity index (χ2n) is 9.40. The number of nitrogens with one attached hydrogen (secondary N) is 1. The van der Waals surface area contributed by atoms with E-state index < -0.39 is 5.92 Å². The molecule has 1 amide bonds. The molecular weight excluding hydrogens is 563 g/mol. The Balaban J connectivity index is 1.25. The Bertz CT molecular complexity index is 1730. The van der Waals surface area contributed by atoms with Crippen molar-refractivity contribution >= 4 is 66.6 Å². The SMILES string of the molecule is Cc1cccc(C2C(C#N)=C(N)N(c3nnc(SCC(=O)Nc4nc5ccccc5s4)s3)C3=C2C(=O)CCC3)c1. The fourth-order valence-electron chi connectivity index (χ4n) is 5.05. The molecule has 3 heterocycles. The van der Waals surface area contributed by atoms with Crippen LogP contribution in [0.4, 0.5) is 10.3 Å². The van der Waals surface area contributed by atoms with E-state index in [9.17, 15) is 14.9 Å². The van der Waals surface area contributed by atoms with Crippen molar-refractivity contribution in [3.63, 3.8) is 0 Å². The molecule has 6 rings (SSSR count). The summed E-state index contributed by atoms with van der Waals surface area (Å²) in [6.45, 7) is 1.98. The van der Waals surface area contributed by atoms with Crippen LogP contribution in [-0.4, -0.2) is 32.6 Å². The van der Waals surface area contributed by atoms with Crippen LogP contribution >= 0.6 is 34.4 Å². The van der Waals surface area contributed by atoms with Gasteiger partial charge in [0, 0.05) is 17.7 Å². The number of allylic oxidation sites excluding steroid dienone is 3. The smallest absolute Gasteiger partial charge is 0.236 e. The zero-order valence-corrected chi connectivity index (χ0v) is 23.8. The average Bonchev–Trinajstić information content (AvgIpc) is 3.58. The van der Waals surface area contributed by atoms with Crippen molar-refractivity contribution in [1.29, 1.82) is 5.26 Å². The predicted molar refractivity (Wildman–Crippen MR) is 158 cm³/mol. The zero-order valence-electron chi connectivity index (χ0n) is 21.4. The lowest BCUT2D eigenvalue weighted by Crippen LogP contribution is -2.38. The number of nitriles is 1. The summed E-state index contributed by atoms with van der Waals surface area (Å²) in [4.78, 5) is 32.0. The summed E-state index contributed by atoms with van der Waals surface area (Å²) in [6, 6.07) is 17.8. The van der Waals surface area contributed by atoms with Gasteiger partial charge in [0.1, 0.15) is 5.82 Å². The summed E-state index contributed by atoms with van der Waals surface area (Å²) in [6.07, 6.45) is 1.75. The van der Waals surface area contributed by atoms with E-state index in [0.717, 1.165) is 27.0 Å². The van der Waals surface area contributed by atoms with Gasteiger partial charge in [-0.05, 0) is 37.5 Å². The Labute approximate surface area is 242 Å². The third kappa shape index (κ3) is 4.88. The zero-order chi connectivity index (χ0) is 27.8. The van der Waals surface area contributed by atoms with Gasteiger partial charge >= 0.3 is 0 Å². The number of hydrogen-bond acceptors (Lipinski definition) is 11. The molecule has 2 aromatic heterocycles. The van der Waals surface area contributed by atoms with Crippen LogP contribution in [-0.2, 0) is 9.59 Å². The maximum atomic E-state index is 13.3. The largest absolute Gasteiger partial charge is 0.384 e. The fraction of sp³-hybridized carbons (Fsp3) is 0.214. The molecule has 2 aliphatic rings. The highest BCUT2D eigenvalue weighted by Crippen LogP contribution is 2.47. The van der Waals surface area contributed by atoms with Gasteiger partial charge in [-0.25, -0.2) is 4.98 Å². The Morgan fingerprint density at radius 2 is 2.05 bits per heavy atom. The minimum absolute atomic E-state index is 0.0173. The number of thiazole rings is 1. The van der Waals surface area contributed by atoms with Crippen molar-refractivity contribution in [2.45, 2.75) is 36.4 Å². The van der Waals surface area contributed by atoms with Crippen molar-refractivity contribution in [3.05, 3.63) is 82.3 Å². The monoisotopic (exact) mass is 585 g/mol. The number of hydrogen-bond donors (Lipinski definition) is 2. The molecule has 0 spiro atoms. The van der Waals surface area contributed by atoms with Gasteiger partial charge in [0.2, 0.25) is 11.0 Å². The van der Waals surface area contributed by atoms with E-state index >= 15 is 0 Å². The second kappa shape index (κ2) is 10.8. The Morgan fingerprint density at radius 3 is 2.85 bits per heavy atom. The van der Waals surface area contributed by atoms with E-state index in [4.69, 9.17) is 5.73 Å². The average molecular weight is 586 g/mol.